The van der Waals surface area contributed by atoms with Gasteiger partial charge in [0.2, 0.25) is 5.91 Å². The van der Waals surface area contributed by atoms with Crippen LogP contribution in [-0.2, 0) is 17.6 Å². The van der Waals surface area contributed by atoms with Crippen LogP contribution in [0.2, 0.25) is 10.0 Å². The van der Waals surface area contributed by atoms with E-state index in [0.717, 1.165) is 16.8 Å². The van der Waals surface area contributed by atoms with Crippen molar-refractivity contribution in [2.75, 3.05) is 0 Å². The molecule has 1 heterocycles. The molecule has 0 aliphatic heterocycles. The molecule has 6 heteroatoms. The third kappa shape index (κ3) is 4.24. The van der Waals surface area contributed by atoms with E-state index in [0.29, 0.717) is 22.2 Å². The Kier molecular flexibility index (Phi) is 5.48. The van der Waals surface area contributed by atoms with E-state index in [4.69, 9.17) is 27.7 Å². The molecular weight excluding hydrogens is 323 g/mol. The molecule has 1 unspecified atom stereocenters. The van der Waals surface area contributed by atoms with E-state index in [-0.39, 0.29) is 18.4 Å². The molecule has 0 saturated carbocycles. The second-order valence-electron chi connectivity index (χ2n) is 5.39. The van der Waals surface area contributed by atoms with Gasteiger partial charge in [-0.25, -0.2) is 0 Å². The summed E-state index contributed by atoms with van der Waals surface area (Å²) in [5, 5.41) is 8.03. The van der Waals surface area contributed by atoms with Crippen molar-refractivity contribution in [3.05, 3.63) is 50.8 Å². The average molecular weight is 341 g/mol. The second kappa shape index (κ2) is 7.16. The molecule has 1 N–H and O–H groups in total. The Morgan fingerprint density at radius 1 is 1.36 bits per heavy atom. The van der Waals surface area contributed by atoms with Gasteiger partial charge < -0.3 is 9.84 Å². The summed E-state index contributed by atoms with van der Waals surface area (Å²) < 4.78 is 5.06. The molecule has 0 aliphatic rings. The number of hydrogen-bond donors (Lipinski definition) is 1. The minimum Gasteiger partial charge on any atom is -0.361 e. The summed E-state index contributed by atoms with van der Waals surface area (Å²) in [5.74, 6) is 0.619. The van der Waals surface area contributed by atoms with Gasteiger partial charge in [0.05, 0.1) is 12.1 Å². The van der Waals surface area contributed by atoms with Crippen LogP contribution in [0.1, 0.15) is 29.5 Å². The topological polar surface area (TPSA) is 55.1 Å². The predicted molar refractivity (Wildman–Crippen MR) is 87.5 cm³/mol. The molecule has 0 spiro atoms. The van der Waals surface area contributed by atoms with Gasteiger partial charge in [-0.05, 0) is 44.9 Å². The van der Waals surface area contributed by atoms with Gasteiger partial charge in [-0.15, -0.1) is 0 Å². The number of carbonyl (C=O) groups is 1. The number of aromatic nitrogens is 1. The van der Waals surface area contributed by atoms with Gasteiger partial charge in [0, 0.05) is 21.7 Å². The summed E-state index contributed by atoms with van der Waals surface area (Å²) in [4.78, 5) is 12.1. The minimum absolute atomic E-state index is 0.0355. The van der Waals surface area contributed by atoms with Crippen molar-refractivity contribution in [3.63, 3.8) is 0 Å². The number of halogens is 2. The zero-order chi connectivity index (χ0) is 16.3. The summed E-state index contributed by atoms with van der Waals surface area (Å²) in [5.41, 5.74) is 2.55. The molecule has 0 fully saturated rings. The number of rotatable bonds is 5. The van der Waals surface area contributed by atoms with Crippen LogP contribution in [0.4, 0.5) is 0 Å². The lowest BCUT2D eigenvalue weighted by Gasteiger charge is -2.15. The Labute approximate surface area is 139 Å². The Balaban J connectivity index is 1.94. The minimum atomic E-state index is -0.0630. The molecule has 4 nitrogen and oxygen atoms in total. The maximum absolute atomic E-state index is 12.1. The Morgan fingerprint density at radius 2 is 2.09 bits per heavy atom. The molecule has 1 atom stereocenters. The summed E-state index contributed by atoms with van der Waals surface area (Å²) in [7, 11) is 0. The molecule has 0 aliphatic carbocycles. The van der Waals surface area contributed by atoms with E-state index in [1.807, 2.05) is 19.9 Å². The van der Waals surface area contributed by atoms with E-state index in [1.165, 1.54) is 0 Å². The number of carbonyl (C=O) groups excluding carboxylic acids is 1. The van der Waals surface area contributed by atoms with Crippen LogP contribution >= 0.6 is 23.2 Å². The van der Waals surface area contributed by atoms with Crippen molar-refractivity contribution < 1.29 is 9.32 Å². The molecule has 1 aromatic carbocycles. The summed E-state index contributed by atoms with van der Waals surface area (Å²) in [6.45, 7) is 5.58. The molecule has 0 saturated heterocycles. The van der Waals surface area contributed by atoms with Gasteiger partial charge in [-0.2, -0.15) is 0 Å². The van der Waals surface area contributed by atoms with Crippen molar-refractivity contribution in [3.8, 4) is 0 Å². The first kappa shape index (κ1) is 16.8. The maximum Gasteiger partial charge on any atom is 0.224 e. The van der Waals surface area contributed by atoms with Crippen LogP contribution in [0.3, 0.4) is 0 Å². The van der Waals surface area contributed by atoms with Crippen LogP contribution in [0.25, 0.3) is 0 Å². The van der Waals surface area contributed by atoms with Gasteiger partial charge in [0.1, 0.15) is 5.76 Å². The number of aryl methyl sites for hydroxylation is 2. The Hall–Kier alpha value is -1.52. The number of benzene rings is 1. The highest BCUT2D eigenvalue weighted by atomic mass is 35.5. The highest BCUT2D eigenvalue weighted by Crippen LogP contribution is 2.22. The first-order chi connectivity index (χ1) is 10.4. The van der Waals surface area contributed by atoms with Crippen LogP contribution < -0.4 is 5.32 Å². The van der Waals surface area contributed by atoms with E-state index in [2.05, 4.69) is 10.5 Å². The first-order valence-electron chi connectivity index (χ1n) is 7.02. The number of nitrogens with zero attached hydrogens (tertiary/aromatic N) is 1. The predicted octanol–water partition coefficient (Wildman–Crippen LogP) is 3.89. The highest BCUT2D eigenvalue weighted by Gasteiger charge is 2.15. The SMILES string of the molecule is Cc1noc(C)c1CC(=O)NC(C)Cc1ccc(Cl)cc1Cl. The third-order valence-electron chi connectivity index (χ3n) is 3.47. The monoisotopic (exact) mass is 340 g/mol. The summed E-state index contributed by atoms with van der Waals surface area (Å²) >= 11 is 12.0. The normalized spacial score (nSPS) is 12.2. The molecule has 0 bridgehead atoms. The van der Waals surface area contributed by atoms with E-state index in [9.17, 15) is 4.79 Å². The van der Waals surface area contributed by atoms with Gasteiger partial charge >= 0.3 is 0 Å². The van der Waals surface area contributed by atoms with Gasteiger partial charge in [-0.1, -0.05) is 34.4 Å². The molecule has 0 radical (unpaired) electrons. The largest absolute Gasteiger partial charge is 0.361 e. The molecule has 1 aromatic heterocycles. The highest BCUT2D eigenvalue weighted by molar-refractivity contribution is 6.35. The van der Waals surface area contributed by atoms with Crippen LogP contribution in [0.15, 0.2) is 22.7 Å². The van der Waals surface area contributed by atoms with Crippen molar-refractivity contribution in [2.45, 2.75) is 39.7 Å². The number of amides is 1. The quantitative estimate of drug-likeness (QED) is 0.898. The standard InChI is InChI=1S/C16H18Cl2N2O2/c1-9(6-12-4-5-13(17)7-15(12)18)19-16(21)8-14-10(2)20-22-11(14)3/h4-5,7,9H,6,8H2,1-3H3,(H,19,21). The molecule has 118 valence electrons. The number of hydrogen-bond acceptors (Lipinski definition) is 3. The van der Waals surface area contributed by atoms with E-state index >= 15 is 0 Å². The van der Waals surface area contributed by atoms with Crippen molar-refractivity contribution in [1.82, 2.24) is 10.5 Å². The molecule has 2 rings (SSSR count). The third-order valence-corrected chi connectivity index (χ3v) is 4.05. The van der Waals surface area contributed by atoms with Gasteiger partial charge in [-0.3, -0.25) is 4.79 Å². The second-order valence-corrected chi connectivity index (χ2v) is 6.23. The molecular formula is C16H18Cl2N2O2. The van der Waals surface area contributed by atoms with Crippen molar-refractivity contribution >= 4 is 29.1 Å². The number of nitrogens with one attached hydrogen (secondary N) is 1. The first-order valence-corrected chi connectivity index (χ1v) is 7.77. The lowest BCUT2D eigenvalue weighted by Crippen LogP contribution is -2.35. The maximum atomic E-state index is 12.1. The van der Waals surface area contributed by atoms with E-state index < -0.39 is 0 Å². The molecule has 2 aromatic rings. The van der Waals surface area contributed by atoms with Crippen molar-refractivity contribution in [1.29, 1.82) is 0 Å². The molecule has 22 heavy (non-hydrogen) atoms. The lowest BCUT2D eigenvalue weighted by atomic mass is 10.1. The van der Waals surface area contributed by atoms with Gasteiger partial charge in [0.15, 0.2) is 0 Å². The fraction of sp³-hybridized carbons (Fsp3) is 0.375. The molecule has 1 amide bonds. The smallest absolute Gasteiger partial charge is 0.224 e. The Morgan fingerprint density at radius 3 is 2.68 bits per heavy atom. The van der Waals surface area contributed by atoms with Crippen LogP contribution in [-0.4, -0.2) is 17.1 Å². The van der Waals surface area contributed by atoms with Gasteiger partial charge in [0.25, 0.3) is 0 Å². The summed E-state index contributed by atoms with van der Waals surface area (Å²) in [6, 6.07) is 5.34. The zero-order valence-electron chi connectivity index (χ0n) is 12.7. The van der Waals surface area contributed by atoms with Crippen LogP contribution in [0, 0.1) is 13.8 Å². The van der Waals surface area contributed by atoms with E-state index in [1.54, 1.807) is 19.1 Å². The summed E-state index contributed by atoms with van der Waals surface area (Å²) in [6.07, 6.45) is 0.906. The Bertz CT molecular complexity index is 663. The average Bonchev–Trinajstić information content (AvgIpc) is 2.73. The van der Waals surface area contributed by atoms with Crippen LogP contribution in [0.5, 0.6) is 0 Å². The zero-order valence-corrected chi connectivity index (χ0v) is 14.3. The lowest BCUT2D eigenvalue weighted by molar-refractivity contribution is -0.121. The fourth-order valence-electron chi connectivity index (χ4n) is 2.31. The fourth-order valence-corrected chi connectivity index (χ4v) is 2.79. The van der Waals surface area contributed by atoms with Crippen molar-refractivity contribution in [2.24, 2.45) is 0 Å².